The highest BCUT2D eigenvalue weighted by Gasteiger charge is 2.45. The van der Waals surface area contributed by atoms with Crippen LogP contribution in [0.3, 0.4) is 0 Å². The molecule has 0 radical (unpaired) electrons. The van der Waals surface area contributed by atoms with Crippen molar-refractivity contribution in [2.45, 2.75) is 83.7 Å². The topological polar surface area (TPSA) is 92.6 Å². The van der Waals surface area contributed by atoms with Crippen molar-refractivity contribution in [1.29, 1.82) is 0 Å². The normalized spacial score (nSPS) is 21.8. The summed E-state index contributed by atoms with van der Waals surface area (Å²) in [6.45, 7) is 6.62. The van der Waals surface area contributed by atoms with E-state index in [-0.39, 0.29) is 12.0 Å². The van der Waals surface area contributed by atoms with Gasteiger partial charge in [-0.2, -0.15) is 0 Å². The van der Waals surface area contributed by atoms with Gasteiger partial charge < -0.3 is 19.2 Å². The lowest BCUT2D eigenvalue weighted by Gasteiger charge is -2.49. The molecule has 1 N–H and O–H groups in total. The molecule has 2 atom stereocenters. The summed E-state index contributed by atoms with van der Waals surface area (Å²) in [7, 11) is 2.34. The van der Waals surface area contributed by atoms with Gasteiger partial charge in [0.2, 0.25) is 0 Å². The molecule has 1 aliphatic heterocycles. The van der Waals surface area contributed by atoms with Gasteiger partial charge in [0.15, 0.2) is 0 Å². The fourth-order valence-corrected chi connectivity index (χ4v) is 7.28. The van der Waals surface area contributed by atoms with E-state index in [1.54, 1.807) is 6.07 Å². The van der Waals surface area contributed by atoms with Crippen LogP contribution in [0.5, 0.6) is 5.75 Å². The second-order valence-corrected chi connectivity index (χ2v) is 11.7. The van der Waals surface area contributed by atoms with Crippen LogP contribution < -0.4 is 9.64 Å². The molecule has 1 saturated heterocycles. The molecule has 3 aliphatic rings. The Labute approximate surface area is 225 Å². The van der Waals surface area contributed by atoms with Crippen molar-refractivity contribution in [3.05, 3.63) is 46.9 Å². The number of quaternary nitrogens is 1. The summed E-state index contributed by atoms with van der Waals surface area (Å²) in [4.78, 5) is 35.9. The second-order valence-electron chi connectivity index (χ2n) is 11.7. The van der Waals surface area contributed by atoms with Crippen molar-refractivity contribution in [3.63, 3.8) is 0 Å². The van der Waals surface area contributed by atoms with Crippen molar-refractivity contribution < 1.29 is 23.9 Å². The Morgan fingerprint density at radius 2 is 1.79 bits per heavy atom. The minimum absolute atomic E-state index is 0.221. The number of hydrogen-bond acceptors (Lipinski definition) is 6. The van der Waals surface area contributed by atoms with Crippen LogP contribution in [0.25, 0.3) is 0 Å². The average molecular weight is 522 g/mol. The maximum Gasteiger partial charge on any atom is 0.511 e. The van der Waals surface area contributed by atoms with Crippen molar-refractivity contribution >= 4 is 17.8 Å². The number of benzene rings is 1. The molecule has 0 amide bonds. The Hall–Kier alpha value is -3.00. The van der Waals surface area contributed by atoms with Crippen LogP contribution in [0.4, 0.5) is 10.6 Å². The lowest BCUT2D eigenvalue weighted by molar-refractivity contribution is -0.962. The first kappa shape index (κ1) is 26.6. The van der Waals surface area contributed by atoms with Gasteiger partial charge in [-0.25, -0.2) is 14.8 Å². The Morgan fingerprint density at radius 1 is 1.05 bits per heavy atom. The fourth-order valence-electron chi connectivity index (χ4n) is 7.28. The molecule has 0 spiro atoms. The van der Waals surface area contributed by atoms with Crippen LogP contribution in [-0.2, 0) is 11.2 Å². The number of Topliss-reactive ketones (excluding diaryl/α,β-unsaturated/α-hetero) is 1. The van der Waals surface area contributed by atoms with E-state index in [0.29, 0.717) is 24.0 Å². The number of nitrogens with zero attached hydrogens (tertiary/aromatic N) is 4. The summed E-state index contributed by atoms with van der Waals surface area (Å²) in [6, 6.07) is 8.40. The lowest BCUT2D eigenvalue weighted by atomic mass is 9.92. The molecule has 0 bridgehead atoms. The molecule has 2 heterocycles. The summed E-state index contributed by atoms with van der Waals surface area (Å²) in [5.41, 5.74) is 3.44. The molecule has 2 fully saturated rings. The molecular formula is C30H41N4O4+. The molecule has 204 valence electrons. The third-order valence-corrected chi connectivity index (χ3v) is 9.31. The van der Waals surface area contributed by atoms with E-state index in [1.807, 2.05) is 26.0 Å². The number of ether oxygens (including phenoxy) is 1. The molecule has 5 rings (SSSR count). The maximum absolute atomic E-state index is 13.2. The first-order chi connectivity index (χ1) is 18.2. The minimum Gasteiger partial charge on any atom is -0.449 e. The van der Waals surface area contributed by atoms with E-state index in [4.69, 9.17) is 14.8 Å². The summed E-state index contributed by atoms with van der Waals surface area (Å²) < 4.78 is 5.85. The Balaban J connectivity index is 1.38. The number of aryl methyl sites for hydroxylation is 3. The van der Waals surface area contributed by atoms with Gasteiger partial charge in [0.05, 0.1) is 26.1 Å². The highest BCUT2D eigenvalue weighted by molar-refractivity contribution is 5.81. The first-order valence-corrected chi connectivity index (χ1v) is 14.2. The van der Waals surface area contributed by atoms with Gasteiger partial charge in [0.1, 0.15) is 29.2 Å². The number of fused-ring (bicyclic) bond motifs is 1. The molecule has 1 saturated carbocycles. The van der Waals surface area contributed by atoms with Gasteiger partial charge in [-0.15, -0.1) is 0 Å². The molecule has 8 heteroatoms. The fraction of sp³-hybridized carbons (Fsp3) is 0.600. The van der Waals surface area contributed by atoms with Gasteiger partial charge >= 0.3 is 6.16 Å². The van der Waals surface area contributed by atoms with Gasteiger partial charge in [-0.05, 0) is 50.8 Å². The number of anilines is 1. The SMILES string of the molecule is Cc1cc(N2CCC([N+](C)(CCC(=O)C3CCCC3)[C@@H]3CCc4ccc(OC(=O)O)cc43)CC2)nc(C)n1. The van der Waals surface area contributed by atoms with E-state index < -0.39 is 6.16 Å². The number of aromatic nitrogens is 2. The predicted octanol–water partition coefficient (Wildman–Crippen LogP) is 5.40. The monoisotopic (exact) mass is 521 g/mol. The summed E-state index contributed by atoms with van der Waals surface area (Å²) in [6.07, 6.45) is 7.77. The van der Waals surface area contributed by atoms with Gasteiger partial charge in [-0.3, -0.25) is 4.79 Å². The van der Waals surface area contributed by atoms with Crippen LogP contribution >= 0.6 is 0 Å². The predicted molar refractivity (Wildman–Crippen MR) is 146 cm³/mol. The number of hydrogen-bond donors (Lipinski definition) is 1. The average Bonchev–Trinajstić information content (AvgIpc) is 3.57. The van der Waals surface area contributed by atoms with E-state index in [0.717, 1.165) is 80.0 Å². The number of piperidine rings is 1. The summed E-state index contributed by atoms with van der Waals surface area (Å²) >= 11 is 0. The van der Waals surface area contributed by atoms with Crippen molar-refractivity contribution in [3.8, 4) is 5.75 Å². The Morgan fingerprint density at radius 3 is 2.47 bits per heavy atom. The molecular weight excluding hydrogens is 480 g/mol. The number of rotatable bonds is 8. The smallest absolute Gasteiger partial charge is 0.449 e. The molecule has 2 aromatic rings. The highest BCUT2D eigenvalue weighted by Crippen LogP contribution is 2.45. The van der Waals surface area contributed by atoms with Crippen molar-refractivity contribution in [2.24, 2.45) is 5.92 Å². The number of carbonyl (C=O) groups is 2. The number of carboxylic acid groups (broad SMARTS) is 1. The van der Waals surface area contributed by atoms with Crippen LogP contribution in [-0.4, -0.2) is 64.2 Å². The van der Waals surface area contributed by atoms with Crippen molar-refractivity contribution in [1.82, 2.24) is 9.97 Å². The molecule has 8 nitrogen and oxygen atoms in total. The zero-order chi connectivity index (χ0) is 26.9. The third-order valence-electron chi connectivity index (χ3n) is 9.31. The number of carbonyl (C=O) groups excluding carboxylic acids is 1. The third kappa shape index (κ3) is 5.55. The highest BCUT2D eigenvalue weighted by atomic mass is 16.7. The Bertz CT molecular complexity index is 1170. The van der Waals surface area contributed by atoms with Gasteiger partial charge in [-0.1, -0.05) is 18.9 Å². The lowest BCUT2D eigenvalue weighted by Crippen LogP contribution is -2.58. The maximum atomic E-state index is 13.2. The quantitative estimate of drug-likeness (QED) is 0.282. The van der Waals surface area contributed by atoms with Gasteiger partial charge in [0.25, 0.3) is 0 Å². The zero-order valence-corrected chi connectivity index (χ0v) is 23.0. The summed E-state index contributed by atoms with van der Waals surface area (Å²) in [5, 5.41) is 9.17. The van der Waals surface area contributed by atoms with E-state index in [9.17, 15) is 9.59 Å². The molecule has 1 aromatic carbocycles. The van der Waals surface area contributed by atoms with E-state index >= 15 is 0 Å². The molecule has 2 aliphatic carbocycles. The van der Waals surface area contributed by atoms with E-state index in [1.165, 1.54) is 24.0 Å². The van der Waals surface area contributed by atoms with Crippen LogP contribution in [0.2, 0.25) is 0 Å². The van der Waals surface area contributed by atoms with Crippen molar-refractivity contribution in [2.75, 3.05) is 31.6 Å². The molecule has 1 aromatic heterocycles. The largest absolute Gasteiger partial charge is 0.511 e. The molecule has 38 heavy (non-hydrogen) atoms. The van der Waals surface area contributed by atoms with Crippen LogP contribution in [0, 0.1) is 19.8 Å². The van der Waals surface area contributed by atoms with Crippen LogP contribution in [0.1, 0.15) is 80.1 Å². The van der Waals surface area contributed by atoms with E-state index in [2.05, 4.69) is 23.0 Å². The summed E-state index contributed by atoms with van der Waals surface area (Å²) in [5.74, 6) is 2.84. The van der Waals surface area contributed by atoms with Crippen LogP contribution in [0.15, 0.2) is 24.3 Å². The first-order valence-electron chi connectivity index (χ1n) is 14.2. The molecule has 1 unspecified atom stereocenters. The zero-order valence-electron chi connectivity index (χ0n) is 23.0. The minimum atomic E-state index is -1.29. The standard InChI is InChI=1S/C30H40N4O4/c1-20-18-29(32-21(2)31-20)33-15-12-24(13-16-33)34(3,17-14-28(35)23-6-4-5-7-23)27-11-9-22-8-10-25(19-26(22)27)38-30(36)37/h8,10,18-19,23-24,27H,4-7,9,11-17H2,1-3H3/p+1/t27-,34?/m1/s1. The van der Waals surface area contributed by atoms with Gasteiger partial charge in [0, 0.05) is 55.6 Å². The number of ketones is 1. The Kier molecular flexibility index (Phi) is 7.70. The second kappa shape index (κ2) is 11.0.